The first-order valence-corrected chi connectivity index (χ1v) is 6.96. The van der Waals surface area contributed by atoms with Crippen molar-refractivity contribution in [3.8, 4) is 0 Å². The van der Waals surface area contributed by atoms with Crippen LogP contribution in [0.15, 0.2) is 0 Å². The van der Waals surface area contributed by atoms with E-state index in [1.54, 1.807) is 20.8 Å². The van der Waals surface area contributed by atoms with Gasteiger partial charge in [0.2, 0.25) is 0 Å². The van der Waals surface area contributed by atoms with E-state index in [9.17, 15) is 13.5 Å². The van der Waals surface area contributed by atoms with Crippen LogP contribution < -0.4 is 5.32 Å². The van der Waals surface area contributed by atoms with E-state index in [2.05, 4.69) is 5.32 Å². The topological polar surface area (TPSA) is 66.4 Å². The lowest BCUT2D eigenvalue weighted by Crippen LogP contribution is -2.49. The zero-order valence-corrected chi connectivity index (χ0v) is 11.1. The molecule has 0 aromatic rings. The first kappa shape index (κ1) is 14.9. The maximum absolute atomic E-state index is 11.5. The van der Waals surface area contributed by atoms with Crippen molar-refractivity contribution in [2.75, 3.05) is 12.3 Å². The summed E-state index contributed by atoms with van der Waals surface area (Å²) in [6.07, 6.45) is -0.515. The molecular formula is C10H23NO3S. The second kappa shape index (κ2) is 5.27. The average Bonchev–Trinajstić information content (AvgIpc) is 2.02. The Bertz CT molecular complexity index is 281. The minimum Gasteiger partial charge on any atom is -0.392 e. The van der Waals surface area contributed by atoms with Crippen molar-refractivity contribution in [2.45, 2.75) is 51.5 Å². The molecule has 0 saturated heterocycles. The average molecular weight is 237 g/mol. The lowest BCUT2D eigenvalue weighted by atomic mass is 9.99. The molecule has 5 heteroatoms. The predicted molar refractivity (Wildman–Crippen MR) is 62.7 cm³/mol. The van der Waals surface area contributed by atoms with Crippen LogP contribution in [0.3, 0.4) is 0 Å². The Kier molecular flexibility index (Phi) is 5.23. The maximum Gasteiger partial charge on any atom is 0.153 e. The summed E-state index contributed by atoms with van der Waals surface area (Å²) < 4.78 is 23.0. The van der Waals surface area contributed by atoms with Gasteiger partial charge < -0.3 is 10.4 Å². The Morgan fingerprint density at radius 1 is 1.27 bits per heavy atom. The molecule has 92 valence electrons. The van der Waals surface area contributed by atoms with E-state index in [-0.39, 0.29) is 11.0 Å². The first-order chi connectivity index (χ1) is 6.59. The number of sulfone groups is 1. The van der Waals surface area contributed by atoms with Crippen LogP contribution in [0, 0.1) is 0 Å². The fourth-order valence-corrected chi connectivity index (χ4v) is 1.76. The van der Waals surface area contributed by atoms with Crippen molar-refractivity contribution >= 4 is 9.84 Å². The van der Waals surface area contributed by atoms with E-state index >= 15 is 0 Å². The van der Waals surface area contributed by atoms with Crippen LogP contribution in [-0.2, 0) is 9.84 Å². The van der Waals surface area contributed by atoms with Crippen LogP contribution in [0.4, 0.5) is 0 Å². The quantitative estimate of drug-likeness (QED) is 0.708. The molecule has 0 aromatic carbocycles. The molecule has 0 aliphatic rings. The van der Waals surface area contributed by atoms with Gasteiger partial charge in [-0.05, 0) is 34.6 Å². The minimum absolute atomic E-state index is 0.112. The van der Waals surface area contributed by atoms with Crippen LogP contribution in [0.5, 0.6) is 0 Å². The van der Waals surface area contributed by atoms with Gasteiger partial charge in [0.15, 0.2) is 9.84 Å². The van der Waals surface area contributed by atoms with Crippen molar-refractivity contribution in [3.63, 3.8) is 0 Å². The second-order valence-corrected chi connectivity index (χ2v) is 7.42. The highest BCUT2D eigenvalue weighted by Gasteiger charge is 2.24. The smallest absolute Gasteiger partial charge is 0.153 e. The normalized spacial score (nSPS) is 15.7. The SMILES string of the molecule is CC(O)C(C)(C)NCCS(=O)(=O)C(C)C. The minimum atomic E-state index is -2.99. The van der Waals surface area contributed by atoms with Crippen LogP contribution in [0.2, 0.25) is 0 Å². The molecule has 0 amide bonds. The monoisotopic (exact) mass is 237 g/mol. The molecule has 15 heavy (non-hydrogen) atoms. The second-order valence-electron chi connectivity index (χ2n) is 4.74. The standard InChI is InChI=1S/C10H23NO3S/c1-8(2)15(13,14)7-6-11-10(4,5)9(3)12/h8-9,11-12H,6-7H2,1-5H3. The van der Waals surface area contributed by atoms with Gasteiger partial charge in [-0.15, -0.1) is 0 Å². The molecule has 4 nitrogen and oxygen atoms in total. The number of aliphatic hydroxyl groups excluding tert-OH is 1. The van der Waals surface area contributed by atoms with E-state index in [1.165, 1.54) is 0 Å². The molecule has 0 spiro atoms. The summed E-state index contributed by atoms with van der Waals surface area (Å²) in [5, 5.41) is 12.1. The highest BCUT2D eigenvalue weighted by Crippen LogP contribution is 2.08. The van der Waals surface area contributed by atoms with Gasteiger partial charge in [0, 0.05) is 12.1 Å². The summed E-state index contributed by atoms with van der Waals surface area (Å²) in [4.78, 5) is 0. The van der Waals surface area contributed by atoms with E-state index in [4.69, 9.17) is 0 Å². The van der Waals surface area contributed by atoms with Crippen molar-refractivity contribution in [1.82, 2.24) is 5.32 Å². The molecule has 0 aliphatic heterocycles. The van der Waals surface area contributed by atoms with Gasteiger partial charge in [-0.25, -0.2) is 8.42 Å². The van der Waals surface area contributed by atoms with Crippen molar-refractivity contribution < 1.29 is 13.5 Å². The molecule has 0 radical (unpaired) electrons. The molecular weight excluding hydrogens is 214 g/mol. The predicted octanol–water partition coefficient (Wildman–Crippen LogP) is 0.559. The summed E-state index contributed by atoms with van der Waals surface area (Å²) >= 11 is 0. The van der Waals surface area contributed by atoms with Gasteiger partial charge in [-0.3, -0.25) is 0 Å². The van der Waals surface area contributed by atoms with E-state index in [0.29, 0.717) is 6.54 Å². The third-order valence-corrected chi connectivity index (χ3v) is 4.94. The number of hydrogen-bond donors (Lipinski definition) is 2. The molecule has 1 atom stereocenters. The Morgan fingerprint density at radius 2 is 1.73 bits per heavy atom. The van der Waals surface area contributed by atoms with Crippen LogP contribution in [0.1, 0.15) is 34.6 Å². The zero-order chi connectivity index (χ0) is 12.3. The highest BCUT2D eigenvalue weighted by molar-refractivity contribution is 7.92. The lowest BCUT2D eigenvalue weighted by Gasteiger charge is -2.29. The Balaban J connectivity index is 4.12. The molecule has 0 fully saturated rings. The van der Waals surface area contributed by atoms with Gasteiger partial charge in [-0.1, -0.05) is 0 Å². The van der Waals surface area contributed by atoms with Gasteiger partial charge in [0.05, 0.1) is 17.1 Å². The van der Waals surface area contributed by atoms with Crippen LogP contribution in [0.25, 0.3) is 0 Å². The largest absolute Gasteiger partial charge is 0.392 e. The van der Waals surface area contributed by atoms with Crippen molar-refractivity contribution in [3.05, 3.63) is 0 Å². The molecule has 0 aromatic heterocycles. The third kappa shape index (κ3) is 4.95. The summed E-state index contributed by atoms with van der Waals surface area (Å²) in [5.41, 5.74) is -0.452. The molecule has 0 saturated carbocycles. The number of aliphatic hydroxyl groups is 1. The van der Waals surface area contributed by atoms with Gasteiger partial charge in [0.25, 0.3) is 0 Å². The fourth-order valence-electron chi connectivity index (χ4n) is 0.899. The zero-order valence-electron chi connectivity index (χ0n) is 10.2. The molecule has 0 heterocycles. The van der Waals surface area contributed by atoms with Gasteiger partial charge in [-0.2, -0.15) is 0 Å². The molecule has 1 unspecified atom stereocenters. The van der Waals surface area contributed by atoms with Gasteiger partial charge >= 0.3 is 0 Å². The Hall–Kier alpha value is -0.130. The summed E-state index contributed by atoms with van der Waals surface area (Å²) in [6.45, 7) is 9.10. The molecule has 0 rings (SSSR count). The van der Waals surface area contributed by atoms with Crippen LogP contribution in [-0.4, -0.2) is 42.7 Å². The molecule has 2 N–H and O–H groups in total. The highest BCUT2D eigenvalue weighted by atomic mass is 32.2. The third-order valence-electron chi connectivity index (χ3n) is 2.73. The number of nitrogens with one attached hydrogen (secondary N) is 1. The first-order valence-electron chi connectivity index (χ1n) is 5.24. The summed E-state index contributed by atoms with van der Waals surface area (Å²) in [5.74, 6) is 0.112. The van der Waals surface area contributed by atoms with Crippen LogP contribution >= 0.6 is 0 Å². The molecule has 0 aliphatic carbocycles. The lowest BCUT2D eigenvalue weighted by molar-refractivity contribution is 0.0983. The Labute approximate surface area is 93.0 Å². The number of rotatable bonds is 6. The molecule has 0 bridgehead atoms. The summed E-state index contributed by atoms with van der Waals surface area (Å²) in [7, 11) is -2.99. The van der Waals surface area contributed by atoms with E-state index in [0.717, 1.165) is 0 Å². The van der Waals surface area contributed by atoms with Gasteiger partial charge in [0.1, 0.15) is 0 Å². The fraction of sp³-hybridized carbons (Fsp3) is 1.00. The Morgan fingerprint density at radius 3 is 2.07 bits per heavy atom. The van der Waals surface area contributed by atoms with Crippen molar-refractivity contribution in [1.29, 1.82) is 0 Å². The summed E-state index contributed by atoms with van der Waals surface area (Å²) in [6, 6.07) is 0. The maximum atomic E-state index is 11.5. The van der Waals surface area contributed by atoms with E-state index in [1.807, 2.05) is 13.8 Å². The van der Waals surface area contributed by atoms with Crippen molar-refractivity contribution in [2.24, 2.45) is 0 Å². The number of hydrogen-bond acceptors (Lipinski definition) is 4. The van der Waals surface area contributed by atoms with E-state index < -0.39 is 21.5 Å².